The minimum atomic E-state index is -0.150. The molecule has 19 heavy (non-hydrogen) atoms. The Bertz CT molecular complexity index is 552. The first-order chi connectivity index (χ1) is 9.15. The molecule has 5 nitrogen and oxygen atoms in total. The molecule has 0 bridgehead atoms. The molecule has 2 aromatic rings. The Balaban J connectivity index is 2.23. The Kier molecular flexibility index (Phi) is 3.85. The summed E-state index contributed by atoms with van der Waals surface area (Å²) in [5.41, 5.74) is 0.965. The number of nitrogens with zero attached hydrogens (tertiary/aromatic N) is 2. The van der Waals surface area contributed by atoms with Crippen molar-refractivity contribution >= 4 is 5.91 Å². The van der Waals surface area contributed by atoms with Crippen LogP contribution in [0.2, 0.25) is 0 Å². The number of hydrogen-bond acceptors (Lipinski definition) is 3. The van der Waals surface area contributed by atoms with Gasteiger partial charge in [-0.1, -0.05) is 18.2 Å². The maximum Gasteiger partial charge on any atom is 0.289 e. The summed E-state index contributed by atoms with van der Waals surface area (Å²) in [6.45, 7) is 1.96. The number of hydrogen-bond donors (Lipinski definition) is 1. The van der Waals surface area contributed by atoms with Gasteiger partial charge in [-0.3, -0.25) is 4.79 Å². The number of para-hydroxylation sites is 1. The van der Waals surface area contributed by atoms with E-state index in [4.69, 9.17) is 4.74 Å². The summed E-state index contributed by atoms with van der Waals surface area (Å²) in [5.74, 6) is 0.960. The molecule has 0 saturated carbocycles. The highest BCUT2D eigenvalue weighted by Crippen LogP contribution is 2.28. The van der Waals surface area contributed by atoms with E-state index < -0.39 is 0 Å². The van der Waals surface area contributed by atoms with Gasteiger partial charge in [0.25, 0.3) is 5.91 Å². The number of methoxy groups -OCH3 is 1. The maximum atomic E-state index is 12.2. The zero-order valence-corrected chi connectivity index (χ0v) is 11.3. The molecule has 0 unspecified atom stereocenters. The van der Waals surface area contributed by atoms with Crippen molar-refractivity contribution < 1.29 is 9.53 Å². The zero-order chi connectivity index (χ0) is 13.8. The van der Waals surface area contributed by atoms with E-state index >= 15 is 0 Å². The van der Waals surface area contributed by atoms with Gasteiger partial charge in [0.05, 0.1) is 13.2 Å². The van der Waals surface area contributed by atoms with Crippen molar-refractivity contribution in [2.75, 3.05) is 14.2 Å². The summed E-state index contributed by atoms with van der Waals surface area (Å²) in [6.07, 6.45) is 3.20. The molecule has 1 N–H and O–H groups in total. The first kappa shape index (κ1) is 13.1. The highest BCUT2D eigenvalue weighted by molar-refractivity contribution is 5.90. The van der Waals surface area contributed by atoms with Crippen molar-refractivity contribution in [3.8, 4) is 5.75 Å². The van der Waals surface area contributed by atoms with Crippen LogP contribution in [0.1, 0.15) is 29.1 Å². The quantitative estimate of drug-likeness (QED) is 0.916. The second-order valence-corrected chi connectivity index (χ2v) is 4.27. The molecule has 0 saturated heterocycles. The lowest BCUT2D eigenvalue weighted by Gasteiger charge is -2.25. The van der Waals surface area contributed by atoms with Crippen molar-refractivity contribution in [2.24, 2.45) is 0 Å². The Morgan fingerprint density at radius 2 is 2.16 bits per heavy atom. The third-order valence-corrected chi connectivity index (χ3v) is 3.19. The van der Waals surface area contributed by atoms with Crippen LogP contribution < -0.4 is 4.74 Å². The second kappa shape index (κ2) is 5.56. The molecule has 0 fully saturated rings. The van der Waals surface area contributed by atoms with Crippen LogP contribution in [0.5, 0.6) is 5.75 Å². The van der Waals surface area contributed by atoms with Crippen molar-refractivity contribution in [3.63, 3.8) is 0 Å². The van der Waals surface area contributed by atoms with Crippen molar-refractivity contribution in [2.45, 2.75) is 13.0 Å². The molecule has 0 aliphatic carbocycles. The number of carbonyl (C=O) groups excluding carboxylic acids is 1. The van der Waals surface area contributed by atoms with Crippen molar-refractivity contribution in [1.82, 2.24) is 14.9 Å². The molecule has 1 aromatic heterocycles. The summed E-state index contributed by atoms with van der Waals surface area (Å²) in [6, 6.07) is 7.57. The lowest BCUT2D eigenvalue weighted by Crippen LogP contribution is -2.30. The molecule has 1 amide bonds. The molecule has 1 heterocycles. The SMILES string of the molecule is COc1ccccc1[C@@H](C)N(C)C(=O)c1ncc[nH]1. The van der Waals surface area contributed by atoms with Crippen LogP contribution in [0.3, 0.4) is 0 Å². The number of H-pyrrole nitrogens is 1. The molecule has 1 atom stereocenters. The van der Waals surface area contributed by atoms with Gasteiger partial charge in [-0.25, -0.2) is 4.98 Å². The average Bonchev–Trinajstić information content (AvgIpc) is 2.99. The minimum absolute atomic E-state index is 0.103. The van der Waals surface area contributed by atoms with E-state index in [-0.39, 0.29) is 11.9 Å². The number of amides is 1. The minimum Gasteiger partial charge on any atom is -0.496 e. The predicted octanol–water partition coefficient (Wildman–Crippen LogP) is 2.25. The van der Waals surface area contributed by atoms with Crippen LogP contribution in [0.15, 0.2) is 36.7 Å². The average molecular weight is 259 g/mol. The van der Waals surface area contributed by atoms with Gasteiger partial charge >= 0.3 is 0 Å². The standard InChI is InChI=1S/C14H17N3O2/c1-10(11-6-4-5-7-12(11)19-3)17(2)14(18)13-15-8-9-16-13/h4-10H,1-3H3,(H,15,16)/t10-/m1/s1. The molecule has 2 rings (SSSR count). The fraction of sp³-hybridized carbons (Fsp3) is 0.286. The van der Waals surface area contributed by atoms with Crippen LogP contribution in [-0.4, -0.2) is 34.9 Å². The Labute approximate surface area is 112 Å². The van der Waals surface area contributed by atoms with Crippen LogP contribution in [0, 0.1) is 0 Å². The fourth-order valence-corrected chi connectivity index (χ4v) is 1.95. The van der Waals surface area contributed by atoms with Crippen molar-refractivity contribution in [1.29, 1.82) is 0 Å². The molecule has 0 spiro atoms. The first-order valence-corrected chi connectivity index (χ1v) is 6.04. The van der Waals surface area contributed by atoms with E-state index in [0.717, 1.165) is 11.3 Å². The topological polar surface area (TPSA) is 58.2 Å². The van der Waals surface area contributed by atoms with Crippen LogP contribution in [0.4, 0.5) is 0 Å². The van der Waals surface area contributed by atoms with Crippen LogP contribution >= 0.6 is 0 Å². The van der Waals surface area contributed by atoms with Crippen LogP contribution in [0.25, 0.3) is 0 Å². The van der Waals surface area contributed by atoms with Crippen molar-refractivity contribution in [3.05, 3.63) is 48.0 Å². The summed E-state index contributed by atoms with van der Waals surface area (Å²) >= 11 is 0. The first-order valence-electron chi connectivity index (χ1n) is 6.04. The number of benzene rings is 1. The number of aromatic nitrogens is 2. The number of rotatable bonds is 4. The predicted molar refractivity (Wildman–Crippen MR) is 72.1 cm³/mol. The number of aromatic amines is 1. The van der Waals surface area contributed by atoms with Gasteiger partial charge in [-0.2, -0.15) is 0 Å². The molecule has 0 aliphatic heterocycles. The number of ether oxygens (including phenoxy) is 1. The Hall–Kier alpha value is -2.30. The van der Waals surface area contributed by atoms with Gasteiger partial charge in [-0.05, 0) is 13.0 Å². The summed E-state index contributed by atoms with van der Waals surface area (Å²) in [7, 11) is 3.38. The molecule has 1 aromatic carbocycles. The molecular weight excluding hydrogens is 242 g/mol. The van der Waals surface area contributed by atoms with E-state index in [1.54, 1.807) is 31.5 Å². The lowest BCUT2D eigenvalue weighted by molar-refractivity contribution is 0.0730. The smallest absolute Gasteiger partial charge is 0.289 e. The molecule has 100 valence electrons. The molecule has 0 aliphatic rings. The second-order valence-electron chi connectivity index (χ2n) is 4.27. The third-order valence-electron chi connectivity index (χ3n) is 3.19. The Morgan fingerprint density at radius 1 is 1.42 bits per heavy atom. The fourth-order valence-electron chi connectivity index (χ4n) is 1.95. The van der Waals surface area contributed by atoms with Gasteiger partial charge in [0.1, 0.15) is 5.75 Å². The summed E-state index contributed by atoms with van der Waals surface area (Å²) in [4.78, 5) is 20.6. The van der Waals surface area contributed by atoms with E-state index in [0.29, 0.717) is 5.82 Å². The highest BCUT2D eigenvalue weighted by atomic mass is 16.5. The maximum absolute atomic E-state index is 12.2. The number of carbonyl (C=O) groups is 1. The summed E-state index contributed by atoms with van der Waals surface area (Å²) in [5, 5.41) is 0. The van der Waals surface area contributed by atoms with Gasteiger partial charge in [0.15, 0.2) is 5.82 Å². The van der Waals surface area contributed by atoms with E-state index in [1.165, 1.54) is 0 Å². The Morgan fingerprint density at radius 3 is 2.79 bits per heavy atom. The van der Waals surface area contributed by atoms with Gasteiger partial charge < -0.3 is 14.6 Å². The molecule has 0 radical (unpaired) electrons. The zero-order valence-electron chi connectivity index (χ0n) is 11.3. The third kappa shape index (κ3) is 2.59. The molecule has 5 heteroatoms. The number of nitrogens with one attached hydrogen (secondary N) is 1. The normalized spacial score (nSPS) is 11.9. The van der Waals surface area contributed by atoms with Crippen LogP contribution in [-0.2, 0) is 0 Å². The monoisotopic (exact) mass is 259 g/mol. The van der Waals surface area contributed by atoms with E-state index in [1.807, 2.05) is 31.2 Å². The van der Waals surface area contributed by atoms with Gasteiger partial charge in [-0.15, -0.1) is 0 Å². The van der Waals surface area contributed by atoms with E-state index in [9.17, 15) is 4.79 Å². The largest absolute Gasteiger partial charge is 0.496 e. The number of imidazole rings is 1. The lowest BCUT2D eigenvalue weighted by atomic mass is 10.1. The van der Waals surface area contributed by atoms with Gasteiger partial charge in [0.2, 0.25) is 0 Å². The van der Waals surface area contributed by atoms with E-state index in [2.05, 4.69) is 9.97 Å². The summed E-state index contributed by atoms with van der Waals surface area (Å²) < 4.78 is 5.33. The molecular formula is C14H17N3O2. The van der Waals surface area contributed by atoms with Gasteiger partial charge in [0, 0.05) is 25.0 Å². The highest BCUT2D eigenvalue weighted by Gasteiger charge is 2.22.